The Balaban J connectivity index is 2.55. The molecule has 0 aromatic carbocycles. The van der Waals surface area contributed by atoms with Gasteiger partial charge in [-0.05, 0) is 39.5 Å². The molecule has 0 saturated heterocycles. The van der Waals surface area contributed by atoms with Crippen LogP contribution in [0.5, 0.6) is 0 Å². The lowest BCUT2D eigenvalue weighted by Crippen LogP contribution is -1.93. The summed E-state index contributed by atoms with van der Waals surface area (Å²) in [4.78, 5) is 10.8. The molecule has 0 atom stereocenters. The summed E-state index contributed by atoms with van der Waals surface area (Å²) >= 11 is 0. The van der Waals surface area contributed by atoms with Crippen LogP contribution in [0.25, 0.3) is 0 Å². The molecule has 1 fully saturated rings. The van der Waals surface area contributed by atoms with Gasteiger partial charge in [0.2, 0.25) is 0 Å². The van der Waals surface area contributed by atoms with Gasteiger partial charge in [0.15, 0.2) is 0 Å². The van der Waals surface area contributed by atoms with Crippen LogP contribution in [0, 0.1) is 0 Å². The van der Waals surface area contributed by atoms with Gasteiger partial charge < -0.3 is 0 Å². The summed E-state index contributed by atoms with van der Waals surface area (Å²) in [6, 6.07) is 0. The predicted octanol–water partition coefficient (Wildman–Crippen LogP) is 2.86. The van der Waals surface area contributed by atoms with E-state index in [9.17, 15) is 4.79 Å². The Morgan fingerprint density at radius 1 is 1.27 bits per heavy atom. The molecule has 1 nitrogen and oxygen atoms in total. The highest BCUT2D eigenvalue weighted by molar-refractivity contribution is 5.78. The van der Waals surface area contributed by atoms with Gasteiger partial charge in [0.05, 0.1) is 0 Å². The van der Waals surface area contributed by atoms with Gasteiger partial charge >= 0.3 is 0 Å². The average Bonchev–Trinajstić information content (AvgIpc) is 2.35. The summed E-state index contributed by atoms with van der Waals surface area (Å²) in [7, 11) is 0. The molecule has 1 heteroatoms. The molecule has 0 unspecified atom stereocenters. The van der Waals surface area contributed by atoms with Crippen LogP contribution < -0.4 is 0 Å². The zero-order valence-corrected chi connectivity index (χ0v) is 7.44. The van der Waals surface area contributed by atoms with Crippen molar-refractivity contribution in [3.8, 4) is 0 Å². The standard InChI is InChI=1S/C10H16O/c1-8(7-9(2)11)10-5-3-4-6-10/h3-7H2,1-2H3. The van der Waals surface area contributed by atoms with E-state index in [0.717, 1.165) is 0 Å². The van der Waals surface area contributed by atoms with Crippen LogP contribution in [0.1, 0.15) is 46.0 Å². The van der Waals surface area contributed by atoms with Crippen molar-refractivity contribution in [3.05, 3.63) is 11.1 Å². The minimum absolute atomic E-state index is 0.293. The number of hydrogen-bond donors (Lipinski definition) is 0. The van der Waals surface area contributed by atoms with Crippen molar-refractivity contribution in [2.75, 3.05) is 0 Å². The molecular weight excluding hydrogens is 136 g/mol. The number of carbonyl (C=O) groups excluding carboxylic acids is 1. The molecule has 1 saturated carbocycles. The molecule has 0 aromatic heterocycles. The Morgan fingerprint density at radius 2 is 1.82 bits per heavy atom. The Labute approximate surface area is 68.5 Å². The third-order valence-corrected chi connectivity index (χ3v) is 2.32. The van der Waals surface area contributed by atoms with Crippen molar-refractivity contribution in [2.24, 2.45) is 0 Å². The molecule has 0 heterocycles. The minimum Gasteiger partial charge on any atom is -0.300 e. The molecule has 0 spiro atoms. The van der Waals surface area contributed by atoms with Crippen LogP contribution in [0.4, 0.5) is 0 Å². The Hall–Kier alpha value is -0.590. The maximum Gasteiger partial charge on any atom is 0.133 e. The number of carbonyl (C=O) groups is 1. The van der Waals surface area contributed by atoms with Gasteiger partial charge in [-0.15, -0.1) is 0 Å². The summed E-state index contributed by atoms with van der Waals surface area (Å²) in [6.45, 7) is 3.76. The topological polar surface area (TPSA) is 17.1 Å². The summed E-state index contributed by atoms with van der Waals surface area (Å²) in [5.74, 6) is 0.293. The van der Waals surface area contributed by atoms with Gasteiger partial charge in [-0.25, -0.2) is 0 Å². The number of ketones is 1. The fourth-order valence-corrected chi connectivity index (χ4v) is 1.73. The molecule has 1 aliphatic carbocycles. The van der Waals surface area contributed by atoms with Gasteiger partial charge in [0, 0.05) is 6.42 Å². The molecule has 0 N–H and O–H groups in total. The fourth-order valence-electron chi connectivity index (χ4n) is 1.73. The molecule has 0 amide bonds. The normalized spacial score (nSPS) is 17.1. The van der Waals surface area contributed by atoms with Crippen molar-refractivity contribution in [1.82, 2.24) is 0 Å². The maximum atomic E-state index is 10.8. The monoisotopic (exact) mass is 152 g/mol. The summed E-state index contributed by atoms with van der Waals surface area (Å²) in [6.07, 6.45) is 5.79. The maximum absolute atomic E-state index is 10.8. The van der Waals surface area contributed by atoms with Gasteiger partial charge in [0.25, 0.3) is 0 Å². The first-order chi connectivity index (χ1) is 5.20. The second-order valence-corrected chi connectivity index (χ2v) is 3.47. The first kappa shape index (κ1) is 8.51. The van der Waals surface area contributed by atoms with E-state index >= 15 is 0 Å². The Kier molecular flexibility index (Phi) is 2.86. The first-order valence-electron chi connectivity index (χ1n) is 4.37. The van der Waals surface area contributed by atoms with Crippen LogP contribution in [0.2, 0.25) is 0 Å². The van der Waals surface area contributed by atoms with E-state index in [4.69, 9.17) is 0 Å². The highest BCUT2D eigenvalue weighted by Crippen LogP contribution is 2.27. The third kappa shape index (κ3) is 2.49. The molecule has 11 heavy (non-hydrogen) atoms. The van der Waals surface area contributed by atoms with E-state index in [-0.39, 0.29) is 0 Å². The van der Waals surface area contributed by atoms with Crippen LogP contribution in [-0.4, -0.2) is 5.78 Å². The summed E-state index contributed by atoms with van der Waals surface area (Å²) in [5, 5.41) is 0. The van der Waals surface area contributed by atoms with E-state index in [1.54, 1.807) is 12.5 Å². The zero-order valence-electron chi connectivity index (χ0n) is 7.44. The molecule has 1 rings (SSSR count). The number of hydrogen-bond acceptors (Lipinski definition) is 1. The highest BCUT2D eigenvalue weighted by Gasteiger charge is 2.10. The lowest BCUT2D eigenvalue weighted by Gasteiger charge is -2.02. The highest BCUT2D eigenvalue weighted by atomic mass is 16.1. The number of rotatable bonds is 2. The van der Waals surface area contributed by atoms with Crippen LogP contribution in [0.3, 0.4) is 0 Å². The molecular formula is C10H16O. The predicted molar refractivity (Wildman–Crippen MR) is 46.5 cm³/mol. The van der Waals surface area contributed by atoms with E-state index in [2.05, 4.69) is 6.92 Å². The second kappa shape index (κ2) is 3.70. The quantitative estimate of drug-likeness (QED) is 0.556. The van der Waals surface area contributed by atoms with Crippen molar-refractivity contribution in [3.63, 3.8) is 0 Å². The molecule has 62 valence electrons. The van der Waals surface area contributed by atoms with Gasteiger partial charge in [-0.3, -0.25) is 4.79 Å². The second-order valence-electron chi connectivity index (χ2n) is 3.47. The molecule has 0 aliphatic heterocycles. The lowest BCUT2D eigenvalue weighted by molar-refractivity contribution is -0.116. The number of Topliss-reactive ketones (excluding diaryl/α,β-unsaturated/α-hetero) is 1. The molecule has 0 bridgehead atoms. The van der Waals surface area contributed by atoms with Crippen LogP contribution >= 0.6 is 0 Å². The SMILES string of the molecule is CC(=O)CC(C)=C1CCCC1. The average molecular weight is 152 g/mol. The van der Waals surface area contributed by atoms with Crippen molar-refractivity contribution in [1.29, 1.82) is 0 Å². The van der Waals surface area contributed by atoms with Crippen molar-refractivity contribution in [2.45, 2.75) is 46.0 Å². The Morgan fingerprint density at radius 3 is 2.27 bits per heavy atom. The van der Waals surface area contributed by atoms with Crippen molar-refractivity contribution >= 4 is 5.78 Å². The van der Waals surface area contributed by atoms with E-state index < -0.39 is 0 Å². The fraction of sp³-hybridized carbons (Fsp3) is 0.700. The molecule has 0 aromatic rings. The smallest absolute Gasteiger partial charge is 0.133 e. The van der Waals surface area contributed by atoms with Gasteiger partial charge in [-0.2, -0.15) is 0 Å². The van der Waals surface area contributed by atoms with E-state index in [1.807, 2.05) is 0 Å². The summed E-state index contributed by atoms with van der Waals surface area (Å²) in [5.41, 5.74) is 2.87. The molecule has 0 radical (unpaired) electrons. The van der Waals surface area contributed by atoms with E-state index in [1.165, 1.54) is 31.3 Å². The minimum atomic E-state index is 0.293. The Bertz CT molecular complexity index is 181. The van der Waals surface area contributed by atoms with Crippen LogP contribution in [0.15, 0.2) is 11.1 Å². The largest absolute Gasteiger partial charge is 0.300 e. The summed E-state index contributed by atoms with van der Waals surface area (Å²) < 4.78 is 0. The zero-order chi connectivity index (χ0) is 8.27. The lowest BCUT2D eigenvalue weighted by atomic mass is 10.0. The van der Waals surface area contributed by atoms with Crippen LogP contribution in [-0.2, 0) is 4.79 Å². The van der Waals surface area contributed by atoms with Crippen molar-refractivity contribution < 1.29 is 4.79 Å². The van der Waals surface area contributed by atoms with Gasteiger partial charge in [-0.1, -0.05) is 11.1 Å². The van der Waals surface area contributed by atoms with E-state index in [0.29, 0.717) is 12.2 Å². The third-order valence-electron chi connectivity index (χ3n) is 2.32. The van der Waals surface area contributed by atoms with Gasteiger partial charge in [0.1, 0.15) is 5.78 Å². The number of allylic oxidation sites excluding steroid dienone is 2. The molecule has 1 aliphatic rings. The first-order valence-corrected chi connectivity index (χ1v) is 4.37.